The lowest BCUT2D eigenvalue weighted by Gasteiger charge is -2.17. The van der Waals surface area contributed by atoms with Crippen molar-refractivity contribution < 1.29 is 0 Å². The summed E-state index contributed by atoms with van der Waals surface area (Å²) in [4.78, 5) is 1.31. The normalized spacial score (nSPS) is 12.5. The van der Waals surface area contributed by atoms with Crippen molar-refractivity contribution in [3.63, 3.8) is 0 Å². The molecule has 0 amide bonds. The van der Waals surface area contributed by atoms with Gasteiger partial charge >= 0.3 is 0 Å². The largest absolute Gasteiger partial charge is 0.313 e. The maximum absolute atomic E-state index is 4.23. The van der Waals surface area contributed by atoms with Gasteiger partial charge in [-0.15, -0.1) is 11.8 Å². The summed E-state index contributed by atoms with van der Waals surface area (Å²) in [6.07, 6.45) is 4.06. The lowest BCUT2D eigenvalue weighted by molar-refractivity contribution is 0.527. The second-order valence-electron chi connectivity index (χ2n) is 5.01. The maximum Gasteiger partial charge on any atom is 0.0492 e. The Morgan fingerprint density at radius 1 is 1.38 bits per heavy atom. The third-order valence-electron chi connectivity index (χ3n) is 3.41. The number of thioether (sulfide) groups is 1. The van der Waals surface area contributed by atoms with Crippen LogP contribution in [0.4, 0.5) is 0 Å². The smallest absolute Gasteiger partial charge is 0.0492 e. The van der Waals surface area contributed by atoms with E-state index in [1.807, 2.05) is 29.7 Å². The number of hydrogen-bond acceptors (Lipinski definition) is 3. The number of aryl methyl sites for hydroxylation is 2. The van der Waals surface area contributed by atoms with Crippen LogP contribution in [0.25, 0.3) is 0 Å². The van der Waals surface area contributed by atoms with E-state index < -0.39 is 0 Å². The molecular weight excluding hydrogens is 346 g/mol. The summed E-state index contributed by atoms with van der Waals surface area (Å²) in [6, 6.07) is 11.1. The van der Waals surface area contributed by atoms with Gasteiger partial charge in [-0.2, -0.15) is 5.10 Å². The van der Waals surface area contributed by atoms with Gasteiger partial charge in [-0.25, -0.2) is 0 Å². The van der Waals surface area contributed by atoms with Gasteiger partial charge in [0.1, 0.15) is 0 Å². The van der Waals surface area contributed by atoms with E-state index in [1.165, 1.54) is 10.6 Å². The molecule has 0 aliphatic heterocycles. The fraction of sp³-hybridized carbons (Fsp3) is 0.438. The molecule has 0 radical (unpaired) electrons. The van der Waals surface area contributed by atoms with E-state index in [2.05, 4.69) is 63.6 Å². The van der Waals surface area contributed by atoms with Crippen LogP contribution in [0.5, 0.6) is 0 Å². The van der Waals surface area contributed by atoms with Crippen LogP contribution in [-0.4, -0.2) is 28.1 Å². The zero-order chi connectivity index (χ0) is 15.1. The van der Waals surface area contributed by atoms with Gasteiger partial charge in [0.2, 0.25) is 0 Å². The minimum Gasteiger partial charge on any atom is -0.313 e. The van der Waals surface area contributed by atoms with Crippen LogP contribution < -0.4 is 5.32 Å². The van der Waals surface area contributed by atoms with Crippen LogP contribution in [0.3, 0.4) is 0 Å². The predicted octanol–water partition coefficient (Wildman–Crippen LogP) is 3.89. The molecule has 0 saturated carbocycles. The highest BCUT2D eigenvalue weighted by Crippen LogP contribution is 2.23. The third kappa shape index (κ3) is 5.49. The van der Waals surface area contributed by atoms with Crippen LogP contribution >= 0.6 is 27.7 Å². The number of hydrogen-bond donors (Lipinski definition) is 1. The first kappa shape index (κ1) is 16.6. The van der Waals surface area contributed by atoms with Crippen molar-refractivity contribution in [3.8, 4) is 0 Å². The van der Waals surface area contributed by atoms with Gasteiger partial charge in [-0.05, 0) is 43.7 Å². The number of aromatic nitrogens is 2. The van der Waals surface area contributed by atoms with Crippen molar-refractivity contribution >= 4 is 27.7 Å². The van der Waals surface area contributed by atoms with Crippen molar-refractivity contribution in [2.45, 2.75) is 30.7 Å². The minimum absolute atomic E-state index is 0.522. The van der Waals surface area contributed by atoms with E-state index in [-0.39, 0.29) is 0 Å². The van der Waals surface area contributed by atoms with Gasteiger partial charge in [0.15, 0.2) is 0 Å². The molecule has 0 aliphatic carbocycles. The molecule has 5 heteroatoms. The summed E-state index contributed by atoms with van der Waals surface area (Å²) >= 11 is 5.44. The first-order valence-electron chi connectivity index (χ1n) is 7.27. The molecule has 1 heterocycles. The summed E-state index contributed by atoms with van der Waals surface area (Å²) in [6.45, 7) is 3.18. The highest BCUT2D eigenvalue weighted by atomic mass is 79.9. The van der Waals surface area contributed by atoms with E-state index in [4.69, 9.17) is 0 Å². The van der Waals surface area contributed by atoms with Crippen LogP contribution in [0, 0.1) is 0 Å². The monoisotopic (exact) mass is 367 g/mol. The molecular formula is C16H22BrN3S. The second-order valence-corrected chi connectivity index (χ2v) is 7.02. The Kier molecular flexibility index (Phi) is 6.80. The maximum atomic E-state index is 4.23. The standard InChI is InChI=1S/C16H22BrN3S/c1-3-18-14(7-8-15-9-10-19-20(15)2)12-21-16-6-4-5-13(17)11-16/h4-6,9-11,14,18H,3,7-8,12H2,1-2H3. The Labute approximate surface area is 139 Å². The summed E-state index contributed by atoms with van der Waals surface area (Å²) in [7, 11) is 2.01. The van der Waals surface area contributed by atoms with Gasteiger partial charge in [-0.3, -0.25) is 4.68 Å². The highest BCUT2D eigenvalue weighted by Gasteiger charge is 2.10. The van der Waals surface area contributed by atoms with Gasteiger partial charge in [0.05, 0.1) is 0 Å². The average Bonchev–Trinajstić information content (AvgIpc) is 2.87. The molecule has 2 aromatic rings. The van der Waals surface area contributed by atoms with E-state index in [1.54, 1.807) is 0 Å². The molecule has 1 N–H and O–H groups in total. The lowest BCUT2D eigenvalue weighted by atomic mass is 10.1. The molecule has 0 spiro atoms. The Morgan fingerprint density at radius 2 is 2.24 bits per heavy atom. The number of benzene rings is 1. The van der Waals surface area contributed by atoms with Crippen molar-refractivity contribution in [1.82, 2.24) is 15.1 Å². The molecule has 0 fully saturated rings. The topological polar surface area (TPSA) is 29.9 Å². The van der Waals surface area contributed by atoms with Gasteiger partial charge in [0.25, 0.3) is 0 Å². The van der Waals surface area contributed by atoms with Crippen LogP contribution in [0.1, 0.15) is 19.0 Å². The number of nitrogens with one attached hydrogen (secondary N) is 1. The Bertz CT molecular complexity index is 556. The minimum atomic E-state index is 0.522. The van der Waals surface area contributed by atoms with Crippen molar-refractivity contribution in [2.24, 2.45) is 7.05 Å². The van der Waals surface area contributed by atoms with E-state index in [9.17, 15) is 0 Å². The second kappa shape index (κ2) is 8.61. The molecule has 2 rings (SSSR count). The van der Waals surface area contributed by atoms with Crippen LogP contribution in [-0.2, 0) is 13.5 Å². The predicted molar refractivity (Wildman–Crippen MR) is 93.9 cm³/mol. The fourth-order valence-corrected chi connectivity index (χ4v) is 3.87. The van der Waals surface area contributed by atoms with Crippen molar-refractivity contribution in [1.29, 1.82) is 0 Å². The quantitative estimate of drug-likeness (QED) is 0.717. The molecule has 1 unspecified atom stereocenters. The molecule has 114 valence electrons. The molecule has 1 aromatic carbocycles. The lowest BCUT2D eigenvalue weighted by Crippen LogP contribution is -2.31. The van der Waals surface area contributed by atoms with Crippen LogP contribution in [0.2, 0.25) is 0 Å². The molecule has 1 aromatic heterocycles. The Morgan fingerprint density at radius 3 is 2.90 bits per heavy atom. The number of halogens is 1. The van der Waals surface area contributed by atoms with Gasteiger partial charge in [-0.1, -0.05) is 28.9 Å². The molecule has 21 heavy (non-hydrogen) atoms. The fourth-order valence-electron chi connectivity index (χ4n) is 2.26. The first-order valence-corrected chi connectivity index (χ1v) is 9.05. The first-order chi connectivity index (χ1) is 10.2. The molecule has 1 atom stereocenters. The molecule has 0 saturated heterocycles. The van der Waals surface area contributed by atoms with Gasteiger partial charge in [0, 0.05) is 40.1 Å². The van der Waals surface area contributed by atoms with E-state index in [0.29, 0.717) is 6.04 Å². The Hall–Kier alpha value is -0.780. The van der Waals surface area contributed by atoms with E-state index >= 15 is 0 Å². The number of nitrogens with zero attached hydrogens (tertiary/aromatic N) is 2. The third-order valence-corrected chi connectivity index (χ3v) is 5.06. The summed E-state index contributed by atoms with van der Waals surface area (Å²) in [5, 5.41) is 7.82. The van der Waals surface area contributed by atoms with Crippen LogP contribution in [0.15, 0.2) is 45.9 Å². The van der Waals surface area contributed by atoms with Crippen molar-refractivity contribution in [3.05, 3.63) is 46.7 Å². The zero-order valence-corrected chi connectivity index (χ0v) is 15.0. The van der Waals surface area contributed by atoms with Crippen molar-refractivity contribution in [2.75, 3.05) is 12.3 Å². The van der Waals surface area contributed by atoms with Gasteiger partial charge < -0.3 is 5.32 Å². The Balaban J connectivity index is 1.85. The van der Waals surface area contributed by atoms with E-state index in [0.717, 1.165) is 29.6 Å². The number of rotatable bonds is 8. The highest BCUT2D eigenvalue weighted by molar-refractivity contribution is 9.10. The summed E-state index contributed by atoms with van der Waals surface area (Å²) in [5.74, 6) is 1.09. The SMILES string of the molecule is CCNC(CCc1ccnn1C)CSc1cccc(Br)c1. The molecule has 0 bridgehead atoms. The molecule has 3 nitrogen and oxygen atoms in total. The summed E-state index contributed by atoms with van der Waals surface area (Å²) in [5.41, 5.74) is 1.30. The zero-order valence-electron chi connectivity index (χ0n) is 12.6. The molecule has 0 aliphatic rings. The average molecular weight is 368 g/mol. The summed E-state index contributed by atoms with van der Waals surface area (Å²) < 4.78 is 3.10.